The summed E-state index contributed by atoms with van der Waals surface area (Å²) in [5.74, 6) is -1.13. The maximum atomic E-state index is 9.55. The summed E-state index contributed by atoms with van der Waals surface area (Å²) < 4.78 is 220. The Balaban J connectivity index is 1.33. The summed E-state index contributed by atoms with van der Waals surface area (Å²) in [6, 6.07) is -18.7. The minimum absolute atomic E-state index is 0.221. The summed E-state index contributed by atoms with van der Waals surface area (Å²) in [7, 11) is 0. The number of benzene rings is 9. The first-order valence-electron chi connectivity index (χ1n) is 24.9. The zero-order chi connectivity index (χ0) is 49.0. The van der Waals surface area contributed by atoms with Gasteiger partial charge in [0.2, 0.25) is 0 Å². The van der Waals surface area contributed by atoms with Crippen molar-refractivity contribution in [1.82, 2.24) is 0 Å². The van der Waals surface area contributed by atoms with Crippen molar-refractivity contribution >= 4 is 53.9 Å². The quantitative estimate of drug-likeness (QED) is 0.188. The van der Waals surface area contributed by atoms with Gasteiger partial charge in [0.05, 0.1) is 32.9 Å². The number of ether oxygens (including phenoxy) is 1. The third kappa shape index (κ3) is 3.22. The van der Waals surface area contributed by atoms with Crippen LogP contribution in [-0.4, -0.2) is 0 Å². The molecule has 1 aliphatic heterocycles. The summed E-state index contributed by atoms with van der Waals surface area (Å²) in [6.45, 7) is 0. The molecule has 1 aliphatic rings. The van der Waals surface area contributed by atoms with E-state index in [1.54, 1.807) is 0 Å². The Labute approximate surface area is 282 Å². The van der Waals surface area contributed by atoms with Gasteiger partial charge in [-0.25, -0.2) is 0 Å². The molecule has 9 aromatic rings. The van der Waals surface area contributed by atoms with E-state index in [-0.39, 0.29) is 37.7 Å². The van der Waals surface area contributed by atoms with Crippen LogP contribution in [0.4, 0.5) is 0 Å². The summed E-state index contributed by atoms with van der Waals surface area (Å²) in [5.41, 5.74) is -3.72. The first-order chi connectivity index (χ1) is 31.3. The summed E-state index contributed by atoms with van der Waals surface area (Å²) in [4.78, 5) is 0. The van der Waals surface area contributed by atoms with Crippen LogP contribution in [0.2, 0.25) is 0 Å². The Bertz CT molecular complexity index is 3880. The normalized spacial score (nSPS) is 20.2. The molecule has 0 N–H and O–H groups in total. The second kappa shape index (κ2) is 8.44. The van der Waals surface area contributed by atoms with Crippen LogP contribution in [0.25, 0.3) is 87.2 Å². The van der Waals surface area contributed by atoms with Gasteiger partial charge in [-0.15, -0.1) is 0 Å². The molecule has 0 aliphatic carbocycles. The van der Waals surface area contributed by atoms with Gasteiger partial charge in [-0.1, -0.05) is 127 Å². The van der Waals surface area contributed by atoms with Crippen LogP contribution in [0.1, 0.15) is 32.9 Å². The molecule has 0 saturated heterocycles. The standard InChI is InChI=1S/C42H24O/c1-2-8-32-31(5-1)24-39-42-34(32)9-4-10-35(42)37-23-30(19-22-38(37)43-39)25-11-13-26(14-12-25)33-20-17-29-16-15-27-6-3-7-28-18-21-36(33)41(29)40(27)28/h1-24H/i1D,2D,3D,4D,5D,6D,7D,8D,9D,10D,11D,12D,13D,14D,15D,16D,17D,18D,19D,20D,21D,22D,23D,24D. The fourth-order valence-electron chi connectivity index (χ4n) is 5.54. The molecule has 9 aromatic carbocycles. The second-order valence-corrected chi connectivity index (χ2v) is 9.76. The van der Waals surface area contributed by atoms with Crippen molar-refractivity contribution in [1.29, 1.82) is 0 Å². The molecular formula is C42H24O. The van der Waals surface area contributed by atoms with E-state index in [2.05, 4.69) is 0 Å². The van der Waals surface area contributed by atoms with Crippen LogP contribution in [0.15, 0.2) is 145 Å². The molecule has 0 unspecified atom stereocenters. The fourth-order valence-corrected chi connectivity index (χ4v) is 5.54. The smallest absolute Gasteiger partial charge is 0.136 e. The molecule has 1 heterocycles. The van der Waals surface area contributed by atoms with Crippen molar-refractivity contribution in [3.8, 4) is 44.9 Å². The van der Waals surface area contributed by atoms with E-state index in [0.29, 0.717) is 0 Å². The van der Waals surface area contributed by atoms with Gasteiger partial charge in [0.15, 0.2) is 0 Å². The lowest BCUT2D eigenvalue weighted by atomic mass is 9.89. The average Bonchev–Trinajstić information content (AvgIpc) is 3.29. The largest absolute Gasteiger partial charge is 0.456 e. The molecule has 0 fully saturated rings. The van der Waals surface area contributed by atoms with Crippen molar-refractivity contribution in [2.24, 2.45) is 0 Å². The first-order valence-corrected chi connectivity index (χ1v) is 12.9. The Hall–Kier alpha value is -5.66. The number of fused-ring (bicyclic) bond motifs is 4. The molecule has 1 nitrogen and oxygen atoms in total. The van der Waals surface area contributed by atoms with Crippen LogP contribution >= 0.6 is 0 Å². The van der Waals surface area contributed by atoms with E-state index >= 15 is 0 Å². The predicted molar refractivity (Wildman–Crippen MR) is 182 cm³/mol. The SMILES string of the molecule is [2H]c1c([2H])c(-c2c([2H])c([2H])c(-c3c([2H])c([2H])c4c([2H])c([2H])c5c([2H])c([2H])c([2H])c6c([2H])c([2H])c3c4c56)c([2H])c2[2H])c([2H])c2c1Oc1c([2H])c3c([2H])c([2H])c([2H])c([2H])c3c3c([2H])c([2H])c([2H])c-2c13. The van der Waals surface area contributed by atoms with Crippen LogP contribution in [0, 0.1) is 0 Å². The van der Waals surface area contributed by atoms with Crippen molar-refractivity contribution in [2.75, 3.05) is 0 Å². The third-order valence-corrected chi connectivity index (χ3v) is 7.45. The molecular weight excluding hydrogens is 520 g/mol. The highest BCUT2D eigenvalue weighted by Gasteiger charge is 2.22. The van der Waals surface area contributed by atoms with Crippen molar-refractivity contribution in [3.63, 3.8) is 0 Å². The van der Waals surface area contributed by atoms with Gasteiger partial charge in [-0.2, -0.15) is 0 Å². The third-order valence-electron chi connectivity index (χ3n) is 7.45. The van der Waals surface area contributed by atoms with E-state index in [9.17, 15) is 6.85 Å². The topological polar surface area (TPSA) is 9.23 Å². The number of hydrogen-bond donors (Lipinski definition) is 0. The number of hydrogen-bond acceptors (Lipinski definition) is 1. The Morgan fingerprint density at radius 1 is 0.349 bits per heavy atom. The van der Waals surface area contributed by atoms with Gasteiger partial charge in [0.1, 0.15) is 11.5 Å². The van der Waals surface area contributed by atoms with E-state index in [4.69, 9.17) is 30.8 Å². The van der Waals surface area contributed by atoms with Crippen molar-refractivity contribution < 1.29 is 37.6 Å². The van der Waals surface area contributed by atoms with Gasteiger partial charge in [0, 0.05) is 10.9 Å². The number of rotatable bonds is 2. The van der Waals surface area contributed by atoms with Crippen LogP contribution in [0.5, 0.6) is 11.5 Å². The van der Waals surface area contributed by atoms with E-state index in [1.807, 2.05) is 0 Å². The molecule has 198 valence electrons. The minimum Gasteiger partial charge on any atom is -0.456 e. The Morgan fingerprint density at radius 3 is 1.91 bits per heavy atom. The van der Waals surface area contributed by atoms with Gasteiger partial charge < -0.3 is 4.74 Å². The molecule has 0 bridgehead atoms. The highest BCUT2D eigenvalue weighted by atomic mass is 16.5. The zero-order valence-electron chi connectivity index (χ0n) is 45.4. The second-order valence-electron chi connectivity index (χ2n) is 9.76. The molecule has 10 rings (SSSR count). The highest BCUT2D eigenvalue weighted by molar-refractivity contribution is 6.25. The Kier molecular flexibility index (Phi) is 1.96. The maximum Gasteiger partial charge on any atom is 0.136 e. The van der Waals surface area contributed by atoms with Gasteiger partial charge in [-0.05, 0) is 94.4 Å². The molecule has 0 radical (unpaired) electrons. The lowest BCUT2D eigenvalue weighted by Gasteiger charge is -2.23. The molecule has 43 heavy (non-hydrogen) atoms. The minimum atomic E-state index is -0.978. The van der Waals surface area contributed by atoms with Crippen molar-refractivity contribution in [2.45, 2.75) is 0 Å². The maximum absolute atomic E-state index is 9.55. The molecule has 1 heteroatoms. The molecule has 0 saturated carbocycles. The van der Waals surface area contributed by atoms with E-state index in [0.717, 1.165) is 0 Å². The predicted octanol–water partition coefficient (Wildman–Crippen LogP) is 12.0. The van der Waals surface area contributed by atoms with Crippen LogP contribution < -0.4 is 4.74 Å². The summed E-state index contributed by atoms with van der Waals surface area (Å²) >= 11 is 0. The zero-order valence-corrected chi connectivity index (χ0v) is 21.4. The first kappa shape index (κ1) is 9.97. The molecule has 0 atom stereocenters. The van der Waals surface area contributed by atoms with Gasteiger partial charge >= 0.3 is 0 Å². The average molecular weight is 569 g/mol. The lowest BCUT2D eigenvalue weighted by Crippen LogP contribution is -1.98. The lowest BCUT2D eigenvalue weighted by molar-refractivity contribution is 0.488. The van der Waals surface area contributed by atoms with E-state index in [1.165, 1.54) is 0 Å². The summed E-state index contributed by atoms with van der Waals surface area (Å²) in [6.07, 6.45) is 0. The van der Waals surface area contributed by atoms with E-state index < -0.39 is 206 Å². The van der Waals surface area contributed by atoms with Gasteiger partial charge in [-0.3, -0.25) is 0 Å². The molecule has 0 amide bonds. The molecule has 0 aromatic heterocycles. The van der Waals surface area contributed by atoms with Gasteiger partial charge in [0.25, 0.3) is 0 Å². The summed E-state index contributed by atoms with van der Waals surface area (Å²) in [5, 5.41) is -3.47. The fraction of sp³-hybridized carbons (Fsp3) is 0. The Morgan fingerprint density at radius 2 is 1.02 bits per heavy atom. The van der Waals surface area contributed by atoms with Crippen LogP contribution in [-0.2, 0) is 0 Å². The molecule has 0 spiro atoms. The van der Waals surface area contributed by atoms with Crippen LogP contribution in [0.3, 0.4) is 0 Å². The van der Waals surface area contributed by atoms with Crippen molar-refractivity contribution in [3.05, 3.63) is 145 Å². The highest BCUT2D eigenvalue weighted by Crippen LogP contribution is 2.49. The monoisotopic (exact) mass is 568 g/mol.